The van der Waals surface area contributed by atoms with Crippen molar-refractivity contribution in [3.05, 3.63) is 24.8 Å². The van der Waals surface area contributed by atoms with E-state index in [1.165, 1.54) is 11.4 Å². The fourth-order valence-electron chi connectivity index (χ4n) is 8.12. The van der Waals surface area contributed by atoms with Crippen molar-refractivity contribution in [2.75, 3.05) is 32.9 Å². The lowest BCUT2D eigenvalue weighted by molar-refractivity contribution is -0.142. The molecule has 1 saturated heterocycles. The van der Waals surface area contributed by atoms with E-state index in [-0.39, 0.29) is 59.6 Å². The predicted octanol–water partition coefficient (Wildman–Crippen LogP) is 4.34. The van der Waals surface area contributed by atoms with Crippen LogP contribution in [-0.4, -0.2) is 98.5 Å². The molecule has 0 spiro atoms. The fourth-order valence-corrected chi connectivity index (χ4v) is 8.54. The summed E-state index contributed by atoms with van der Waals surface area (Å²) < 4.78 is 25.7. The van der Waals surface area contributed by atoms with Crippen molar-refractivity contribution in [1.82, 2.24) is 30.5 Å². The van der Waals surface area contributed by atoms with Crippen molar-refractivity contribution < 1.29 is 27.6 Å². The molecule has 3 rings (SSSR count). The normalized spacial score (nSPS) is 23.9. The van der Waals surface area contributed by atoms with Crippen LogP contribution in [0.25, 0.3) is 0 Å². The van der Waals surface area contributed by atoms with Gasteiger partial charge in [-0.05, 0) is 60.7 Å². The highest BCUT2D eigenvalue weighted by atomic mass is 32.2. The first-order valence-corrected chi connectivity index (χ1v) is 20.7. The Hall–Kier alpha value is -2.93. The number of likely N-dealkylation sites (N-methyl/N-ethyl adjacent to an activating group) is 1. The summed E-state index contributed by atoms with van der Waals surface area (Å²) in [5.74, 6) is -0.975. The Bertz CT molecular complexity index is 1390. The van der Waals surface area contributed by atoms with Crippen LogP contribution < -0.4 is 21.3 Å². The van der Waals surface area contributed by atoms with E-state index in [4.69, 9.17) is 0 Å². The highest BCUT2D eigenvalue weighted by Crippen LogP contribution is 2.53. The Labute approximate surface area is 307 Å². The standard InChI is InChI=1S/C38H66N6O6S/c1-11-13-19-29(25(3)33(45)39-22-12-2)40-34(46)32-27-20-21-38(7,8)28(27)23-44(32)35(47)31(26-17-15-14-16-18-26)42-36(48)41-30(37(4,5)6)24-43(9)51(10,49)50/h12,26-32H,2-3,11,13-24H2,1,4-10H3,(H,39,45)(H,40,46)(H2,41,42,48)/t27-,28-,29?,30+,31-,32-/m0/s1. The molecule has 0 aromatic carbocycles. The third kappa shape index (κ3) is 11.0. The third-order valence-electron chi connectivity index (χ3n) is 11.6. The number of urea groups is 1. The topological polar surface area (TPSA) is 157 Å². The predicted molar refractivity (Wildman–Crippen MR) is 202 cm³/mol. The number of amides is 5. The number of hydrogen-bond acceptors (Lipinski definition) is 6. The molecule has 1 heterocycles. The number of fused-ring (bicyclic) bond motifs is 1. The molecule has 0 bridgehead atoms. The molecule has 2 aliphatic carbocycles. The molecule has 3 aliphatic rings. The first kappa shape index (κ1) is 42.5. The van der Waals surface area contributed by atoms with E-state index >= 15 is 0 Å². The Kier molecular flexibility index (Phi) is 14.8. The van der Waals surface area contributed by atoms with Gasteiger partial charge < -0.3 is 26.2 Å². The fraction of sp³-hybridized carbons (Fsp3) is 0.789. The molecule has 6 atom stereocenters. The van der Waals surface area contributed by atoms with Gasteiger partial charge >= 0.3 is 6.03 Å². The van der Waals surface area contributed by atoms with Crippen molar-refractivity contribution in [3.63, 3.8) is 0 Å². The number of sulfonamides is 1. The van der Waals surface area contributed by atoms with Crippen LogP contribution in [0.2, 0.25) is 0 Å². The molecule has 3 fully saturated rings. The number of unbranched alkanes of at least 4 members (excludes halogenated alkanes) is 1. The van der Waals surface area contributed by atoms with Crippen LogP contribution in [0.5, 0.6) is 0 Å². The molecule has 1 unspecified atom stereocenters. The number of hydrogen-bond donors (Lipinski definition) is 4. The Morgan fingerprint density at radius 1 is 1.04 bits per heavy atom. The maximum Gasteiger partial charge on any atom is 0.315 e. The lowest BCUT2D eigenvalue weighted by atomic mass is 9.79. The summed E-state index contributed by atoms with van der Waals surface area (Å²) in [6.07, 6.45) is 11.1. The van der Waals surface area contributed by atoms with Gasteiger partial charge in [-0.3, -0.25) is 14.4 Å². The quantitative estimate of drug-likeness (QED) is 0.137. The highest BCUT2D eigenvalue weighted by molar-refractivity contribution is 7.88. The molecular formula is C38H66N6O6S. The Morgan fingerprint density at radius 2 is 1.69 bits per heavy atom. The van der Waals surface area contributed by atoms with Gasteiger partial charge in [0.15, 0.2) is 0 Å². The van der Waals surface area contributed by atoms with Crippen LogP contribution in [0.1, 0.15) is 106 Å². The van der Waals surface area contributed by atoms with Crippen LogP contribution >= 0.6 is 0 Å². The molecule has 0 aromatic rings. The van der Waals surface area contributed by atoms with E-state index in [1.807, 2.05) is 27.7 Å². The molecule has 5 amide bonds. The molecule has 0 radical (unpaired) electrons. The van der Waals surface area contributed by atoms with Gasteiger partial charge in [0.05, 0.1) is 12.3 Å². The van der Waals surface area contributed by atoms with Crippen molar-refractivity contribution in [2.24, 2.45) is 28.6 Å². The number of rotatable bonds is 16. The number of nitrogens with one attached hydrogen (secondary N) is 4. The number of carbonyl (C=O) groups excluding carboxylic acids is 4. The first-order chi connectivity index (χ1) is 23.7. The van der Waals surface area contributed by atoms with E-state index < -0.39 is 45.6 Å². The summed E-state index contributed by atoms with van der Waals surface area (Å²) in [5, 5.41) is 11.9. The largest absolute Gasteiger partial charge is 0.349 e. The van der Waals surface area contributed by atoms with Crippen LogP contribution in [0.15, 0.2) is 24.8 Å². The van der Waals surface area contributed by atoms with Crippen LogP contribution in [0.3, 0.4) is 0 Å². The summed E-state index contributed by atoms with van der Waals surface area (Å²) in [7, 11) is -2.01. The van der Waals surface area contributed by atoms with Crippen molar-refractivity contribution in [3.8, 4) is 0 Å². The van der Waals surface area contributed by atoms with Gasteiger partial charge in [0, 0.05) is 38.3 Å². The van der Waals surface area contributed by atoms with Gasteiger partial charge in [0.2, 0.25) is 27.7 Å². The second-order valence-corrected chi connectivity index (χ2v) is 19.0. The van der Waals surface area contributed by atoms with Crippen LogP contribution in [0, 0.1) is 28.6 Å². The second-order valence-electron chi connectivity index (χ2n) is 16.9. The van der Waals surface area contributed by atoms with Gasteiger partial charge in [-0.1, -0.05) is 86.3 Å². The van der Waals surface area contributed by atoms with Gasteiger partial charge in [0.25, 0.3) is 0 Å². The number of carbonyl (C=O) groups is 4. The van der Waals surface area contributed by atoms with Crippen LogP contribution in [0.4, 0.5) is 4.79 Å². The minimum absolute atomic E-state index is 0.0590. The molecule has 1 aliphatic heterocycles. The summed E-state index contributed by atoms with van der Waals surface area (Å²) in [5.41, 5.74) is -0.292. The van der Waals surface area contributed by atoms with E-state index in [2.05, 4.69) is 48.3 Å². The Balaban J connectivity index is 1.94. The molecule has 12 nitrogen and oxygen atoms in total. The second kappa shape index (κ2) is 17.7. The minimum atomic E-state index is -3.49. The van der Waals surface area contributed by atoms with E-state index in [1.54, 1.807) is 11.0 Å². The number of nitrogens with zero attached hydrogens (tertiary/aromatic N) is 2. The van der Waals surface area contributed by atoms with Gasteiger partial charge in [-0.15, -0.1) is 6.58 Å². The smallest absolute Gasteiger partial charge is 0.315 e. The molecule has 4 N–H and O–H groups in total. The molecule has 0 aromatic heterocycles. The van der Waals surface area contributed by atoms with E-state index in [0.29, 0.717) is 13.0 Å². The summed E-state index contributed by atoms with van der Waals surface area (Å²) in [6.45, 7) is 20.7. The maximum atomic E-state index is 14.9. The van der Waals surface area contributed by atoms with Crippen molar-refractivity contribution in [1.29, 1.82) is 0 Å². The van der Waals surface area contributed by atoms with Crippen LogP contribution in [-0.2, 0) is 24.4 Å². The molecule has 51 heavy (non-hydrogen) atoms. The first-order valence-electron chi connectivity index (χ1n) is 18.9. The summed E-state index contributed by atoms with van der Waals surface area (Å²) in [6, 6.07) is -3.28. The lowest BCUT2D eigenvalue weighted by Gasteiger charge is -2.38. The monoisotopic (exact) mass is 734 g/mol. The Morgan fingerprint density at radius 3 is 2.25 bits per heavy atom. The SMILES string of the molecule is C=CCNC(=O)C(=C)C(CCCC)NC(=O)[C@@H]1[C@H]2CCC(C)(C)[C@H]2CN1C(=O)[C@@H](NC(=O)N[C@H](CN(C)S(C)(=O)=O)C(C)(C)C)C1CCCCC1. The van der Waals surface area contributed by atoms with Gasteiger partial charge in [-0.2, -0.15) is 0 Å². The molecule has 13 heteroatoms. The highest BCUT2D eigenvalue weighted by Gasteiger charge is 2.57. The number of likely N-dealkylation sites (tertiary alicyclic amines) is 1. The lowest BCUT2D eigenvalue weighted by Crippen LogP contribution is -2.61. The summed E-state index contributed by atoms with van der Waals surface area (Å²) in [4.78, 5) is 57.7. The summed E-state index contributed by atoms with van der Waals surface area (Å²) >= 11 is 0. The third-order valence-corrected chi connectivity index (χ3v) is 12.9. The zero-order valence-corrected chi connectivity index (χ0v) is 33.3. The molecule has 2 saturated carbocycles. The average Bonchev–Trinajstić information content (AvgIpc) is 3.59. The van der Waals surface area contributed by atoms with Crippen molar-refractivity contribution >= 4 is 33.8 Å². The van der Waals surface area contributed by atoms with Crippen molar-refractivity contribution in [2.45, 2.75) is 130 Å². The molecule has 290 valence electrons. The zero-order valence-electron chi connectivity index (χ0n) is 32.5. The average molecular weight is 735 g/mol. The van der Waals surface area contributed by atoms with E-state index in [0.717, 1.165) is 64.0 Å². The maximum absolute atomic E-state index is 14.9. The zero-order chi connectivity index (χ0) is 38.3. The van der Waals surface area contributed by atoms with Gasteiger partial charge in [0.1, 0.15) is 12.1 Å². The van der Waals surface area contributed by atoms with E-state index in [9.17, 15) is 27.6 Å². The minimum Gasteiger partial charge on any atom is -0.349 e. The molecular weight excluding hydrogens is 669 g/mol. The van der Waals surface area contributed by atoms with Gasteiger partial charge in [-0.25, -0.2) is 17.5 Å².